The number of carbonyl (C=O) groups is 2. The summed E-state index contributed by atoms with van der Waals surface area (Å²) in [6.45, 7) is 13.1. The maximum Gasteiger partial charge on any atom is 0.254 e. The standard InChI is InChI=1S/C33H42N2O4/c1-8-23-24-9-16-35(19-25-21(3)17-20(2)18-26(25)36)30(37)27(24)22(4)28-29(23)39-31(5,38-28)32-10-13-33(14-11-32,15-12-32)34(6)7/h8,17H,1,9-16,18-19H2,2-7H3. The molecule has 1 atom stereocenters. The van der Waals surface area contributed by atoms with Gasteiger partial charge in [0.2, 0.25) is 0 Å². The van der Waals surface area contributed by atoms with Crippen LogP contribution in [-0.2, 0) is 11.2 Å². The number of benzene rings is 1. The summed E-state index contributed by atoms with van der Waals surface area (Å²) in [5.41, 5.74) is 6.42. The third-order valence-corrected chi connectivity index (χ3v) is 10.9. The van der Waals surface area contributed by atoms with Crippen molar-refractivity contribution < 1.29 is 19.1 Å². The van der Waals surface area contributed by atoms with Gasteiger partial charge in [0.1, 0.15) is 0 Å². The van der Waals surface area contributed by atoms with Gasteiger partial charge in [-0.15, -0.1) is 0 Å². The summed E-state index contributed by atoms with van der Waals surface area (Å²) in [6.07, 6.45) is 11.7. The molecular weight excluding hydrogens is 488 g/mol. The predicted molar refractivity (Wildman–Crippen MR) is 153 cm³/mol. The average molecular weight is 531 g/mol. The number of hydrogen-bond acceptors (Lipinski definition) is 5. The van der Waals surface area contributed by atoms with Gasteiger partial charge in [-0.2, -0.15) is 0 Å². The summed E-state index contributed by atoms with van der Waals surface area (Å²) >= 11 is 0. The highest BCUT2D eigenvalue weighted by Crippen LogP contribution is 2.63. The van der Waals surface area contributed by atoms with E-state index in [0.29, 0.717) is 42.8 Å². The molecule has 3 saturated carbocycles. The minimum atomic E-state index is -0.774. The second-order valence-corrected chi connectivity index (χ2v) is 13.0. The molecule has 7 rings (SSSR count). The minimum Gasteiger partial charge on any atom is -0.448 e. The van der Waals surface area contributed by atoms with E-state index in [4.69, 9.17) is 9.47 Å². The van der Waals surface area contributed by atoms with Crippen LogP contribution in [-0.4, -0.2) is 60.0 Å². The van der Waals surface area contributed by atoms with Crippen LogP contribution in [0, 0.1) is 12.3 Å². The fourth-order valence-corrected chi connectivity index (χ4v) is 8.19. The van der Waals surface area contributed by atoms with Gasteiger partial charge in [-0.05, 0) is 90.9 Å². The molecule has 1 amide bonds. The van der Waals surface area contributed by atoms with Crippen LogP contribution < -0.4 is 9.47 Å². The fraction of sp³-hybridized carbons (Fsp3) is 0.576. The lowest BCUT2D eigenvalue weighted by atomic mass is 9.54. The Hall–Kier alpha value is -2.86. The van der Waals surface area contributed by atoms with Gasteiger partial charge in [0.05, 0.1) is 5.56 Å². The predicted octanol–water partition coefficient (Wildman–Crippen LogP) is 6.01. The van der Waals surface area contributed by atoms with Gasteiger partial charge in [0.15, 0.2) is 17.3 Å². The molecule has 3 fully saturated rings. The van der Waals surface area contributed by atoms with Crippen molar-refractivity contribution in [3.63, 3.8) is 0 Å². The molecule has 6 heteroatoms. The van der Waals surface area contributed by atoms with Crippen LogP contribution in [0.25, 0.3) is 6.08 Å². The van der Waals surface area contributed by atoms with Crippen LogP contribution in [0.1, 0.15) is 92.8 Å². The normalized spacial score (nSPS) is 31.7. The lowest BCUT2D eigenvalue weighted by Crippen LogP contribution is -2.62. The highest BCUT2D eigenvalue weighted by atomic mass is 16.7. The molecule has 0 aromatic heterocycles. The number of Topliss-reactive ketones (excluding diaryl/α,β-unsaturated/α-hetero) is 1. The van der Waals surface area contributed by atoms with Gasteiger partial charge >= 0.3 is 0 Å². The molecule has 2 aliphatic heterocycles. The molecule has 2 heterocycles. The second kappa shape index (κ2) is 8.82. The number of ketones is 1. The summed E-state index contributed by atoms with van der Waals surface area (Å²) < 4.78 is 13.7. The number of allylic oxidation sites excluding steroid dienone is 3. The molecule has 0 radical (unpaired) electrons. The summed E-state index contributed by atoms with van der Waals surface area (Å²) in [6, 6.07) is 0. The summed E-state index contributed by atoms with van der Waals surface area (Å²) in [4.78, 5) is 31.1. The van der Waals surface area contributed by atoms with Gasteiger partial charge in [-0.3, -0.25) is 9.59 Å². The van der Waals surface area contributed by atoms with E-state index >= 15 is 0 Å². The van der Waals surface area contributed by atoms with E-state index in [-0.39, 0.29) is 17.1 Å². The zero-order valence-electron chi connectivity index (χ0n) is 24.5. The largest absolute Gasteiger partial charge is 0.448 e. The number of fused-ring (bicyclic) bond motifs is 5. The number of ether oxygens (including phenoxy) is 2. The van der Waals surface area contributed by atoms with Gasteiger partial charge in [-0.1, -0.05) is 24.3 Å². The van der Waals surface area contributed by atoms with E-state index in [0.717, 1.165) is 77.7 Å². The van der Waals surface area contributed by atoms with Crippen molar-refractivity contribution in [3.05, 3.63) is 51.6 Å². The third kappa shape index (κ3) is 3.70. The van der Waals surface area contributed by atoms with E-state index in [1.807, 2.05) is 31.7 Å². The lowest BCUT2D eigenvalue weighted by Gasteiger charge is -2.59. The van der Waals surface area contributed by atoms with E-state index in [2.05, 4.69) is 38.6 Å². The molecule has 6 aliphatic rings. The van der Waals surface area contributed by atoms with E-state index in [9.17, 15) is 9.59 Å². The molecule has 1 unspecified atom stereocenters. The average Bonchev–Trinajstić information content (AvgIpc) is 3.28. The lowest BCUT2D eigenvalue weighted by molar-refractivity contribution is -0.211. The molecule has 0 N–H and O–H groups in total. The van der Waals surface area contributed by atoms with Crippen molar-refractivity contribution in [1.29, 1.82) is 0 Å². The van der Waals surface area contributed by atoms with E-state index in [1.165, 1.54) is 0 Å². The monoisotopic (exact) mass is 530 g/mol. The Balaban J connectivity index is 1.34. The van der Waals surface area contributed by atoms with E-state index < -0.39 is 5.79 Å². The highest BCUT2D eigenvalue weighted by molar-refractivity contribution is 6.03. The molecule has 1 aromatic carbocycles. The van der Waals surface area contributed by atoms with E-state index in [1.54, 1.807) is 0 Å². The van der Waals surface area contributed by atoms with Crippen LogP contribution >= 0.6 is 0 Å². The maximum absolute atomic E-state index is 14.0. The SMILES string of the molecule is C=Cc1c2c(c(C)c3c1OC(C)(C14CCC(N(C)C)(CC1)CC4)O3)C(=O)N(CC1=C(C)C=C(C)CC1=O)CC2. The van der Waals surface area contributed by atoms with Crippen LogP contribution in [0.5, 0.6) is 11.5 Å². The number of amides is 1. The van der Waals surface area contributed by atoms with Crippen molar-refractivity contribution >= 4 is 17.8 Å². The van der Waals surface area contributed by atoms with Crippen molar-refractivity contribution in [2.75, 3.05) is 27.2 Å². The first kappa shape index (κ1) is 26.4. The van der Waals surface area contributed by atoms with Gasteiger partial charge in [0.25, 0.3) is 11.7 Å². The van der Waals surface area contributed by atoms with Gasteiger partial charge in [-0.25, -0.2) is 0 Å². The molecule has 1 aromatic rings. The smallest absolute Gasteiger partial charge is 0.254 e. The van der Waals surface area contributed by atoms with Crippen LogP contribution in [0.4, 0.5) is 0 Å². The number of hydrogen-bond donors (Lipinski definition) is 0. The van der Waals surface area contributed by atoms with Crippen LogP contribution in [0.15, 0.2) is 29.4 Å². The first-order valence-electron chi connectivity index (χ1n) is 14.5. The molecule has 0 saturated heterocycles. The Morgan fingerprint density at radius 2 is 1.67 bits per heavy atom. The van der Waals surface area contributed by atoms with Gasteiger partial charge < -0.3 is 19.3 Å². The highest BCUT2D eigenvalue weighted by Gasteiger charge is 2.62. The molecular formula is C33H42N2O4. The number of rotatable bonds is 5. The maximum atomic E-state index is 14.0. The van der Waals surface area contributed by atoms with Crippen LogP contribution in [0.2, 0.25) is 0 Å². The van der Waals surface area contributed by atoms with Crippen molar-refractivity contribution in [1.82, 2.24) is 9.80 Å². The fourth-order valence-electron chi connectivity index (χ4n) is 8.19. The molecule has 208 valence electrons. The van der Waals surface area contributed by atoms with Crippen molar-refractivity contribution in [3.8, 4) is 11.5 Å². The third-order valence-electron chi connectivity index (χ3n) is 10.9. The Kier molecular flexibility index (Phi) is 5.96. The quantitative estimate of drug-likeness (QED) is 0.466. The van der Waals surface area contributed by atoms with Crippen molar-refractivity contribution in [2.24, 2.45) is 5.41 Å². The molecule has 2 bridgehead atoms. The molecule has 4 aliphatic carbocycles. The molecule has 0 spiro atoms. The first-order chi connectivity index (χ1) is 18.4. The Morgan fingerprint density at radius 3 is 2.26 bits per heavy atom. The topological polar surface area (TPSA) is 59.1 Å². The summed E-state index contributed by atoms with van der Waals surface area (Å²) in [5.74, 6) is 0.739. The summed E-state index contributed by atoms with van der Waals surface area (Å²) in [5, 5.41) is 0. The van der Waals surface area contributed by atoms with Crippen molar-refractivity contribution in [2.45, 2.75) is 90.4 Å². The Bertz CT molecular complexity index is 1340. The Labute approximate surface area is 232 Å². The van der Waals surface area contributed by atoms with Crippen LogP contribution in [0.3, 0.4) is 0 Å². The molecule has 6 nitrogen and oxygen atoms in total. The number of carbonyl (C=O) groups excluding carboxylic acids is 2. The zero-order valence-corrected chi connectivity index (χ0v) is 24.5. The Morgan fingerprint density at radius 1 is 1.03 bits per heavy atom. The van der Waals surface area contributed by atoms with Gasteiger partial charge in [0, 0.05) is 54.1 Å². The number of nitrogens with zero attached hydrogens (tertiary/aromatic N) is 2. The zero-order chi connectivity index (χ0) is 27.9. The second-order valence-electron chi connectivity index (χ2n) is 13.0. The minimum absolute atomic E-state index is 0.0412. The molecule has 39 heavy (non-hydrogen) atoms. The summed E-state index contributed by atoms with van der Waals surface area (Å²) in [7, 11) is 4.42. The first-order valence-corrected chi connectivity index (χ1v) is 14.5.